The van der Waals surface area contributed by atoms with Gasteiger partial charge in [0.2, 0.25) is 0 Å². The number of fused-ring (bicyclic) bond motifs is 2. The first-order valence-electron chi connectivity index (χ1n) is 7.11. The maximum Gasteiger partial charge on any atom is 0.0420 e. The normalized spacial score (nSPS) is 24.8. The lowest BCUT2D eigenvalue weighted by Crippen LogP contribution is -2.18. The van der Waals surface area contributed by atoms with E-state index < -0.39 is 0 Å². The van der Waals surface area contributed by atoms with Crippen LogP contribution in [-0.2, 0) is 0 Å². The molecule has 0 fully saturated rings. The van der Waals surface area contributed by atoms with Crippen LogP contribution in [0.15, 0.2) is 71.4 Å². The van der Waals surface area contributed by atoms with E-state index in [0.717, 1.165) is 0 Å². The zero-order valence-electron chi connectivity index (χ0n) is 12.4. The minimum Gasteiger partial charge on any atom is -0.0943 e. The van der Waals surface area contributed by atoms with Crippen LogP contribution in [0.25, 0.3) is 12.2 Å². The van der Waals surface area contributed by atoms with Crippen LogP contribution < -0.4 is 0 Å². The highest BCUT2D eigenvalue weighted by Crippen LogP contribution is 2.53. The Hall–Kier alpha value is -2.08. The van der Waals surface area contributed by atoms with Gasteiger partial charge in [0.15, 0.2) is 0 Å². The topological polar surface area (TPSA) is 0 Å². The summed E-state index contributed by atoms with van der Waals surface area (Å²) in [5.74, 6) is 0. The van der Waals surface area contributed by atoms with E-state index in [1.807, 2.05) is 0 Å². The Morgan fingerprint density at radius 3 is 2.35 bits per heavy atom. The Morgan fingerprint density at radius 2 is 1.70 bits per heavy atom. The fourth-order valence-corrected chi connectivity index (χ4v) is 3.21. The predicted octanol–water partition coefficient (Wildman–Crippen LogP) is 5.57. The van der Waals surface area contributed by atoms with Crippen LogP contribution in [0.3, 0.4) is 0 Å². The van der Waals surface area contributed by atoms with Gasteiger partial charge in [-0.2, -0.15) is 0 Å². The van der Waals surface area contributed by atoms with Crippen LogP contribution in [0.2, 0.25) is 0 Å². The van der Waals surface area contributed by atoms with Gasteiger partial charge in [-0.3, -0.25) is 0 Å². The van der Waals surface area contributed by atoms with Crippen LogP contribution in [0.4, 0.5) is 0 Å². The molecule has 0 saturated heterocycles. The standard InChI is InChI=1S/C20H20/c1-5-8-18-12-16-9-6-7-10-17(16)13-19-11-14(2)15(3)20(18,19)4/h5-13H,3H2,1-2,4H3/b8-5-. The average Bonchev–Trinajstić information content (AvgIpc) is 2.59. The summed E-state index contributed by atoms with van der Waals surface area (Å²) in [6, 6.07) is 8.56. The lowest BCUT2D eigenvalue weighted by molar-refractivity contribution is 0.641. The minimum atomic E-state index is -0.102. The van der Waals surface area contributed by atoms with Gasteiger partial charge in [-0.1, -0.05) is 49.1 Å². The summed E-state index contributed by atoms with van der Waals surface area (Å²) < 4.78 is 0. The summed E-state index contributed by atoms with van der Waals surface area (Å²) in [5, 5.41) is 0. The highest BCUT2D eigenvalue weighted by Gasteiger charge is 2.39. The summed E-state index contributed by atoms with van der Waals surface area (Å²) in [6.07, 6.45) is 11.2. The quantitative estimate of drug-likeness (QED) is 0.619. The molecule has 1 atom stereocenters. The molecule has 0 aliphatic heterocycles. The van der Waals surface area contributed by atoms with Gasteiger partial charge in [0, 0.05) is 5.41 Å². The molecule has 0 heterocycles. The van der Waals surface area contributed by atoms with Crippen molar-refractivity contribution < 1.29 is 0 Å². The van der Waals surface area contributed by atoms with E-state index in [-0.39, 0.29) is 5.41 Å². The molecule has 2 aliphatic rings. The van der Waals surface area contributed by atoms with E-state index in [1.165, 1.54) is 33.4 Å². The highest BCUT2D eigenvalue weighted by molar-refractivity contribution is 5.80. The van der Waals surface area contributed by atoms with Gasteiger partial charge < -0.3 is 0 Å². The molecule has 100 valence electrons. The largest absolute Gasteiger partial charge is 0.0943 e. The lowest BCUT2D eigenvalue weighted by atomic mass is 9.73. The fourth-order valence-electron chi connectivity index (χ4n) is 3.21. The summed E-state index contributed by atoms with van der Waals surface area (Å²) in [7, 11) is 0. The summed E-state index contributed by atoms with van der Waals surface area (Å²) >= 11 is 0. The molecule has 2 aliphatic carbocycles. The van der Waals surface area contributed by atoms with Crippen molar-refractivity contribution in [2.24, 2.45) is 5.41 Å². The zero-order valence-corrected chi connectivity index (χ0v) is 12.4. The monoisotopic (exact) mass is 260 g/mol. The number of rotatable bonds is 1. The van der Waals surface area contributed by atoms with E-state index in [2.05, 4.69) is 82.0 Å². The summed E-state index contributed by atoms with van der Waals surface area (Å²) in [6.45, 7) is 10.9. The highest BCUT2D eigenvalue weighted by atomic mass is 14.4. The van der Waals surface area contributed by atoms with Crippen molar-refractivity contribution in [2.45, 2.75) is 20.8 Å². The van der Waals surface area contributed by atoms with E-state index >= 15 is 0 Å². The number of benzene rings is 1. The summed E-state index contributed by atoms with van der Waals surface area (Å²) in [5.41, 5.74) is 7.61. The van der Waals surface area contributed by atoms with Crippen LogP contribution in [0, 0.1) is 5.41 Å². The molecule has 1 unspecified atom stereocenters. The minimum absolute atomic E-state index is 0.102. The molecule has 20 heavy (non-hydrogen) atoms. The van der Waals surface area contributed by atoms with Crippen molar-refractivity contribution >= 4 is 12.2 Å². The van der Waals surface area contributed by atoms with E-state index in [0.29, 0.717) is 0 Å². The molecule has 0 heteroatoms. The number of hydrogen-bond donors (Lipinski definition) is 0. The molecule has 0 saturated carbocycles. The van der Waals surface area contributed by atoms with Crippen molar-refractivity contribution in [1.82, 2.24) is 0 Å². The predicted molar refractivity (Wildman–Crippen MR) is 88.2 cm³/mol. The first kappa shape index (κ1) is 12.9. The van der Waals surface area contributed by atoms with E-state index in [4.69, 9.17) is 0 Å². The van der Waals surface area contributed by atoms with Gasteiger partial charge in [-0.25, -0.2) is 0 Å². The average molecular weight is 260 g/mol. The third-order valence-electron chi connectivity index (χ3n) is 4.57. The molecule has 0 aromatic heterocycles. The third-order valence-corrected chi connectivity index (χ3v) is 4.57. The Bertz CT molecular complexity index is 692. The Kier molecular flexibility index (Phi) is 2.90. The second-order valence-electron chi connectivity index (χ2n) is 5.76. The van der Waals surface area contributed by atoms with Gasteiger partial charge in [0.05, 0.1) is 0 Å². The van der Waals surface area contributed by atoms with Crippen molar-refractivity contribution in [3.05, 3.63) is 82.5 Å². The van der Waals surface area contributed by atoms with Crippen LogP contribution in [0.1, 0.15) is 31.9 Å². The van der Waals surface area contributed by atoms with Gasteiger partial charge >= 0.3 is 0 Å². The van der Waals surface area contributed by atoms with Crippen LogP contribution >= 0.6 is 0 Å². The second kappa shape index (κ2) is 4.49. The van der Waals surface area contributed by atoms with Gasteiger partial charge in [-0.15, -0.1) is 0 Å². The molecule has 0 radical (unpaired) electrons. The van der Waals surface area contributed by atoms with E-state index in [9.17, 15) is 0 Å². The maximum atomic E-state index is 4.34. The smallest absolute Gasteiger partial charge is 0.0420 e. The molecule has 0 amide bonds. The van der Waals surface area contributed by atoms with Gasteiger partial charge in [-0.05, 0) is 66.3 Å². The summed E-state index contributed by atoms with van der Waals surface area (Å²) in [4.78, 5) is 0. The molecule has 1 aromatic carbocycles. The van der Waals surface area contributed by atoms with E-state index in [1.54, 1.807) is 0 Å². The molecule has 0 bridgehead atoms. The van der Waals surface area contributed by atoms with Crippen molar-refractivity contribution in [1.29, 1.82) is 0 Å². The second-order valence-corrected chi connectivity index (χ2v) is 5.76. The molecule has 0 N–H and O–H groups in total. The van der Waals surface area contributed by atoms with Crippen molar-refractivity contribution in [2.75, 3.05) is 0 Å². The molecule has 1 aromatic rings. The first-order valence-corrected chi connectivity index (χ1v) is 7.11. The Labute approximate surface area is 121 Å². The molecule has 0 nitrogen and oxygen atoms in total. The molecular weight excluding hydrogens is 240 g/mol. The molecular formula is C20H20. The third kappa shape index (κ3) is 1.68. The maximum absolute atomic E-state index is 4.34. The van der Waals surface area contributed by atoms with Crippen molar-refractivity contribution in [3.63, 3.8) is 0 Å². The van der Waals surface area contributed by atoms with Gasteiger partial charge in [0.1, 0.15) is 0 Å². The van der Waals surface area contributed by atoms with Crippen LogP contribution in [-0.4, -0.2) is 0 Å². The Balaban J connectivity index is 2.34. The SMILES string of the molecule is C=C1C(C)=CC2=Cc3ccccc3C=C(/C=C\C)C12C. The zero-order chi connectivity index (χ0) is 14.3. The van der Waals surface area contributed by atoms with Crippen LogP contribution in [0.5, 0.6) is 0 Å². The first-order chi connectivity index (χ1) is 9.57. The van der Waals surface area contributed by atoms with Crippen molar-refractivity contribution in [3.8, 4) is 0 Å². The molecule has 0 spiro atoms. The Morgan fingerprint density at radius 1 is 1.05 bits per heavy atom. The number of allylic oxidation sites excluding steroid dienone is 7. The molecule has 3 rings (SSSR count). The fraction of sp³-hybridized carbons (Fsp3) is 0.200. The van der Waals surface area contributed by atoms with Gasteiger partial charge in [0.25, 0.3) is 0 Å². The lowest BCUT2D eigenvalue weighted by Gasteiger charge is -2.29. The number of hydrogen-bond acceptors (Lipinski definition) is 0.